The summed E-state index contributed by atoms with van der Waals surface area (Å²) in [5, 5.41) is 0.702. The number of halogens is 6. The molecule has 2 saturated heterocycles. The van der Waals surface area contributed by atoms with Crippen molar-refractivity contribution in [2.45, 2.75) is 50.5 Å². The van der Waals surface area contributed by atoms with Gasteiger partial charge in [0.15, 0.2) is 19.2 Å². The highest BCUT2D eigenvalue weighted by Crippen LogP contribution is 2.42. The van der Waals surface area contributed by atoms with Gasteiger partial charge in [-0.25, -0.2) is 13.2 Å². The van der Waals surface area contributed by atoms with E-state index in [0.717, 1.165) is 12.6 Å². The van der Waals surface area contributed by atoms with Crippen molar-refractivity contribution < 1.29 is 45.3 Å². The van der Waals surface area contributed by atoms with Crippen molar-refractivity contribution in [2.24, 2.45) is 0 Å². The summed E-state index contributed by atoms with van der Waals surface area (Å²) in [6.45, 7) is 0.838. The fourth-order valence-electron chi connectivity index (χ4n) is 6.40. The first-order chi connectivity index (χ1) is 21.5. The second-order valence-corrected chi connectivity index (χ2v) is 11.3. The van der Waals surface area contributed by atoms with Crippen LogP contribution >= 0.6 is 0 Å². The maximum Gasteiger partial charge on any atom is 0.422 e. The predicted molar refractivity (Wildman–Crippen MR) is 152 cm³/mol. The van der Waals surface area contributed by atoms with Crippen LogP contribution in [0.25, 0.3) is 32.9 Å². The highest BCUT2D eigenvalue weighted by atomic mass is 19.4. The monoisotopic (exact) mass is 636 g/mol. The Balaban J connectivity index is 1.49. The quantitative estimate of drug-likeness (QED) is 0.143. The fourth-order valence-corrected chi connectivity index (χ4v) is 6.40. The summed E-state index contributed by atoms with van der Waals surface area (Å²) in [7, 11) is 1.43. The molecule has 4 heterocycles. The molecule has 0 bridgehead atoms. The van der Waals surface area contributed by atoms with Gasteiger partial charge in [-0.1, -0.05) is 13.0 Å². The van der Waals surface area contributed by atoms with E-state index < -0.39 is 53.5 Å². The van der Waals surface area contributed by atoms with Gasteiger partial charge in [-0.05, 0) is 60.3 Å². The van der Waals surface area contributed by atoms with Gasteiger partial charge in [0.1, 0.15) is 35.6 Å². The lowest BCUT2D eigenvalue weighted by molar-refractivity contribution is -0.153. The highest BCUT2D eigenvalue weighted by molar-refractivity contribution is 6.01. The summed E-state index contributed by atoms with van der Waals surface area (Å²) in [5.41, 5.74) is -0.795. The summed E-state index contributed by atoms with van der Waals surface area (Å²) in [4.78, 5) is 14.5. The van der Waals surface area contributed by atoms with Crippen molar-refractivity contribution in [3.63, 3.8) is 0 Å². The Bertz CT molecular complexity index is 1740. The molecular weight excluding hydrogens is 606 g/mol. The molecule has 8 nitrogen and oxygen atoms in total. The van der Waals surface area contributed by atoms with E-state index in [9.17, 15) is 22.0 Å². The van der Waals surface area contributed by atoms with E-state index in [0.29, 0.717) is 35.1 Å². The molecule has 45 heavy (non-hydrogen) atoms. The van der Waals surface area contributed by atoms with Gasteiger partial charge in [-0.15, -0.1) is 0 Å². The number of rotatable bonds is 10. The second-order valence-electron chi connectivity index (χ2n) is 11.3. The molecule has 0 amide bonds. The Morgan fingerprint density at radius 1 is 1.09 bits per heavy atom. The molecule has 14 heteroatoms. The number of aromatic nitrogens is 3. The van der Waals surface area contributed by atoms with Crippen LogP contribution in [0.4, 0.5) is 26.3 Å². The number of aryl methyl sites for hydroxylation is 1. The van der Waals surface area contributed by atoms with E-state index >= 15 is 4.39 Å². The summed E-state index contributed by atoms with van der Waals surface area (Å²) in [6.07, 6.45) is -2.66. The maximum absolute atomic E-state index is 16.5. The molecule has 0 unspecified atom stereocenters. The van der Waals surface area contributed by atoms with Crippen LogP contribution in [0.3, 0.4) is 0 Å². The molecule has 0 aliphatic carbocycles. The van der Waals surface area contributed by atoms with E-state index in [4.69, 9.17) is 18.9 Å². The van der Waals surface area contributed by atoms with Crippen molar-refractivity contribution in [2.75, 3.05) is 40.2 Å². The largest absolute Gasteiger partial charge is 0.468 e. The fraction of sp³-hybridized carbons (Fsp3) is 0.452. The van der Waals surface area contributed by atoms with Crippen LogP contribution in [-0.4, -0.2) is 77.9 Å². The topological polar surface area (TPSA) is 78.8 Å². The number of nitrogens with zero attached hydrogens (tertiary/aromatic N) is 4. The molecule has 2 fully saturated rings. The minimum Gasteiger partial charge on any atom is -0.468 e. The highest BCUT2D eigenvalue weighted by Gasteiger charge is 2.49. The van der Waals surface area contributed by atoms with Crippen molar-refractivity contribution in [1.29, 1.82) is 0 Å². The van der Waals surface area contributed by atoms with Gasteiger partial charge in [0, 0.05) is 31.8 Å². The molecule has 2 aromatic carbocycles. The molecule has 6 rings (SSSR count). The van der Waals surface area contributed by atoms with Gasteiger partial charge in [0.25, 0.3) is 0 Å². The van der Waals surface area contributed by atoms with Gasteiger partial charge in [0.05, 0.1) is 10.9 Å². The van der Waals surface area contributed by atoms with Gasteiger partial charge in [-0.3, -0.25) is 9.88 Å². The lowest BCUT2D eigenvalue weighted by atomic mass is 9.94. The Morgan fingerprint density at radius 2 is 1.91 bits per heavy atom. The number of alkyl halides is 4. The molecule has 0 N–H and O–H groups in total. The van der Waals surface area contributed by atoms with Crippen LogP contribution in [0.1, 0.15) is 31.7 Å². The molecule has 2 aliphatic rings. The molecule has 240 valence electrons. The predicted octanol–water partition coefficient (Wildman–Crippen LogP) is 6.56. The minimum absolute atomic E-state index is 0.0418. The zero-order chi connectivity index (χ0) is 31.9. The van der Waals surface area contributed by atoms with Crippen LogP contribution in [0, 0.1) is 11.6 Å². The number of pyridine rings is 1. The third kappa shape index (κ3) is 6.05. The standard InChI is InChI=1S/C31H30F6N4O4/c1-3-20-23(33)6-5-17-9-19(45-16-42-2)10-21(24(17)20)26-25(34)27-22(12-38-26)28(43-15-31(35,36)37)40-29(39-27)44-14-30-7-4-8-41(30)13-18(32)11-30/h5-6,9-10,12,18H,3-4,7-8,11,13-16H2,1-2H3/t18-,30+/m1/s1. The lowest BCUT2D eigenvalue weighted by Crippen LogP contribution is -2.43. The van der Waals surface area contributed by atoms with Crippen LogP contribution in [-0.2, 0) is 11.2 Å². The minimum atomic E-state index is -4.71. The van der Waals surface area contributed by atoms with Crippen molar-refractivity contribution >= 4 is 21.7 Å². The maximum atomic E-state index is 16.5. The Labute approximate surface area is 254 Å². The first-order valence-corrected chi connectivity index (χ1v) is 14.5. The molecular formula is C31H30F6N4O4. The second kappa shape index (κ2) is 12.1. The Hall–Kier alpha value is -3.91. The summed E-state index contributed by atoms with van der Waals surface area (Å²) < 4.78 is 107. The number of fused-ring (bicyclic) bond motifs is 3. The molecule has 2 aliphatic heterocycles. The zero-order valence-electron chi connectivity index (χ0n) is 24.5. The number of hydrogen-bond acceptors (Lipinski definition) is 8. The average molecular weight is 637 g/mol. The SMILES string of the molecule is CCc1c(F)ccc2cc(OCOC)cc(-c3ncc4c(OCC(F)(F)F)nc(OC[C@@]56CCCN5C[C@H](F)C6)nc4c3F)c12. The van der Waals surface area contributed by atoms with E-state index in [2.05, 4.69) is 15.0 Å². The lowest BCUT2D eigenvalue weighted by Gasteiger charge is -2.30. The number of hydrogen-bond donors (Lipinski definition) is 0. The van der Waals surface area contributed by atoms with Crippen LogP contribution in [0.2, 0.25) is 0 Å². The van der Waals surface area contributed by atoms with E-state index in [-0.39, 0.29) is 49.4 Å². The normalized spacial score (nSPS) is 20.2. The van der Waals surface area contributed by atoms with Crippen molar-refractivity contribution in [3.8, 4) is 28.9 Å². The third-order valence-electron chi connectivity index (χ3n) is 8.33. The van der Waals surface area contributed by atoms with E-state index in [1.165, 1.54) is 25.3 Å². The van der Waals surface area contributed by atoms with E-state index in [1.807, 2.05) is 4.90 Å². The van der Waals surface area contributed by atoms with Gasteiger partial charge >= 0.3 is 12.2 Å². The third-order valence-corrected chi connectivity index (χ3v) is 8.33. The first kappa shape index (κ1) is 31.1. The number of methoxy groups -OCH3 is 1. The summed E-state index contributed by atoms with van der Waals surface area (Å²) in [6, 6.07) is 5.54. The van der Waals surface area contributed by atoms with Crippen LogP contribution < -0.4 is 14.2 Å². The van der Waals surface area contributed by atoms with Gasteiger partial charge < -0.3 is 18.9 Å². The molecule has 2 aromatic heterocycles. The molecule has 4 aromatic rings. The Kier molecular flexibility index (Phi) is 8.37. The van der Waals surface area contributed by atoms with Gasteiger partial charge in [-0.2, -0.15) is 23.1 Å². The van der Waals surface area contributed by atoms with Gasteiger partial charge in [0.2, 0.25) is 5.88 Å². The van der Waals surface area contributed by atoms with Crippen molar-refractivity contribution in [1.82, 2.24) is 19.9 Å². The molecule has 2 atom stereocenters. The van der Waals surface area contributed by atoms with Crippen LogP contribution in [0.15, 0.2) is 30.5 Å². The van der Waals surface area contributed by atoms with E-state index in [1.54, 1.807) is 13.0 Å². The first-order valence-electron chi connectivity index (χ1n) is 14.5. The van der Waals surface area contributed by atoms with Crippen LogP contribution in [0.5, 0.6) is 17.6 Å². The number of ether oxygens (including phenoxy) is 4. The average Bonchev–Trinajstić information content (AvgIpc) is 3.53. The number of benzene rings is 2. The zero-order valence-corrected chi connectivity index (χ0v) is 24.5. The molecule has 0 spiro atoms. The van der Waals surface area contributed by atoms with Crippen molar-refractivity contribution in [3.05, 3.63) is 47.7 Å². The summed E-state index contributed by atoms with van der Waals surface area (Å²) in [5.74, 6) is -1.80. The molecule has 0 radical (unpaired) electrons. The smallest absolute Gasteiger partial charge is 0.422 e. The Morgan fingerprint density at radius 3 is 2.67 bits per heavy atom. The molecule has 0 saturated carbocycles. The summed E-state index contributed by atoms with van der Waals surface area (Å²) >= 11 is 0.